The summed E-state index contributed by atoms with van der Waals surface area (Å²) in [4.78, 5) is 20.5. The maximum absolute atomic E-state index is 13.0. The first kappa shape index (κ1) is 17.3. The summed E-state index contributed by atoms with van der Waals surface area (Å²) < 4.78 is 0. The van der Waals surface area contributed by atoms with Crippen LogP contribution in [0.25, 0.3) is 0 Å². The topological polar surface area (TPSA) is 26.8 Å². The second-order valence-electron chi connectivity index (χ2n) is 7.28. The van der Waals surface area contributed by atoms with Crippen LogP contribution in [0, 0.1) is 0 Å². The summed E-state index contributed by atoms with van der Waals surface area (Å²) in [6.45, 7) is 4.30. The quantitative estimate of drug-likeness (QED) is 0.664. The molecule has 1 aromatic heterocycles. The third-order valence-corrected chi connectivity index (χ3v) is 6.74. The van der Waals surface area contributed by atoms with Crippen molar-refractivity contribution in [2.24, 2.45) is 0 Å². The average molecular weight is 390 g/mol. The Bertz CT molecular complexity index is 976. The first-order valence-corrected chi connectivity index (χ1v) is 10.7. The molecular formula is C23H23N3OS. The molecule has 1 amide bonds. The molecule has 3 heterocycles. The molecule has 28 heavy (non-hydrogen) atoms. The van der Waals surface area contributed by atoms with E-state index in [0.29, 0.717) is 0 Å². The monoisotopic (exact) mass is 389 g/mol. The smallest absolute Gasteiger partial charge is 0.264 e. The van der Waals surface area contributed by atoms with Crippen LogP contribution in [0.5, 0.6) is 0 Å². The van der Waals surface area contributed by atoms with Crippen LogP contribution in [0.15, 0.2) is 66.7 Å². The number of carbonyl (C=O) groups excluding carboxylic acids is 1. The van der Waals surface area contributed by atoms with Gasteiger partial charge in [-0.15, -0.1) is 11.3 Å². The second kappa shape index (κ2) is 7.32. The van der Waals surface area contributed by atoms with Gasteiger partial charge in [0.1, 0.15) is 0 Å². The molecule has 2 aliphatic rings. The van der Waals surface area contributed by atoms with E-state index in [9.17, 15) is 4.79 Å². The van der Waals surface area contributed by atoms with Crippen molar-refractivity contribution in [2.45, 2.75) is 6.42 Å². The molecule has 0 radical (unpaired) electrons. The van der Waals surface area contributed by atoms with Crippen LogP contribution in [-0.4, -0.2) is 43.5 Å². The van der Waals surface area contributed by atoms with Gasteiger partial charge in [-0.1, -0.05) is 36.4 Å². The van der Waals surface area contributed by atoms with Crippen LogP contribution in [0.3, 0.4) is 0 Å². The average Bonchev–Trinajstić information content (AvgIpc) is 3.41. The summed E-state index contributed by atoms with van der Waals surface area (Å²) in [5, 5.41) is 1.16. The molecule has 0 aliphatic carbocycles. The minimum Gasteiger partial charge on any atom is -0.368 e. The van der Waals surface area contributed by atoms with Crippen molar-refractivity contribution >= 4 is 33.6 Å². The predicted octanol–water partition coefficient (Wildman–Crippen LogP) is 4.40. The number of thiophene rings is 1. The lowest BCUT2D eigenvalue weighted by atomic mass is 10.2. The van der Waals surface area contributed by atoms with Crippen molar-refractivity contribution < 1.29 is 4.79 Å². The van der Waals surface area contributed by atoms with E-state index in [2.05, 4.69) is 64.4 Å². The highest BCUT2D eigenvalue weighted by atomic mass is 32.1. The van der Waals surface area contributed by atoms with Gasteiger partial charge in [0.15, 0.2) is 0 Å². The van der Waals surface area contributed by atoms with E-state index in [0.717, 1.165) is 49.0 Å². The second-order valence-corrected chi connectivity index (χ2v) is 8.35. The van der Waals surface area contributed by atoms with Crippen molar-refractivity contribution in [1.82, 2.24) is 4.90 Å². The van der Waals surface area contributed by atoms with Gasteiger partial charge >= 0.3 is 0 Å². The number of amides is 1. The molecule has 3 aromatic rings. The lowest BCUT2D eigenvalue weighted by molar-refractivity contribution is 0.0751. The van der Waals surface area contributed by atoms with Gasteiger partial charge in [0.2, 0.25) is 0 Å². The van der Waals surface area contributed by atoms with Crippen LogP contribution >= 0.6 is 11.3 Å². The van der Waals surface area contributed by atoms with Gasteiger partial charge in [-0.2, -0.15) is 0 Å². The molecule has 0 spiro atoms. The Morgan fingerprint density at radius 2 is 1.54 bits per heavy atom. The van der Waals surface area contributed by atoms with Crippen molar-refractivity contribution in [3.05, 3.63) is 77.2 Å². The molecule has 5 heteroatoms. The van der Waals surface area contributed by atoms with Gasteiger partial charge in [0.25, 0.3) is 5.91 Å². The Labute approximate surface area is 169 Å². The third-order valence-electron chi connectivity index (χ3n) is 5.64. The predicted molar refractivity (Wildman–Crippen MR) is 116 cm³/mol. The Hall–Kier alpha value is -2.79. The number of fused-ring (bicyclic) bond motifs is 1. The molecule has 0 atom stereocenters. The number of nitrogens with zero attached hydrogens (tertiary/aromatic N) is 3. The van der Waals surface area contributed by atoms with Crippen LogP contribution in [0.2, 0.25) is 0 Å². The Morgan fingerprint density at radius 3 is 2.36 bits per heavy atom. The molecule has 5 rings (SSSR count). The Morgan fingerprint density at radius 1 is 0.786 bits per heavy atom. The SMILES string of the molecule is O=C(c1ccc(N2CCc3ccccc32)s1)N1CCN(c2ccccc2)CC1. The standard InChI is InChI=1S/C23H23N3OS/c27-23(25-16-14-24(15-17-25)19-7-2-1-3-8-19)21-10-11-22(28-21)26-13-12-18-6-4-5-9-20(18)26/h1-11H,12-17H2. The fraction of sp³-hybridized carbons (Fsp3) is 0.261. The molecule has 0 bridgehead atoms. The number of para-hydroxylation sites is 2. The van der Waals surface area contributed by atoms with Gasteiger partial charge < -0.3 is 14.7 Å². The zero-order chi connectivity index (χ0) is 18.9. The van der Waals surface area contributed by atoms with E-state index in [1.165, 1.54) is 16.9 Å². The van der Waals surface area contributed by atoms with Crippen LogP contribution < -0.4 is 9.80 Å². The van der Waals surface area contributed by atoms with E-state index in [4.69, 9.17) is 0 Å². The zero-order valence-electron chi connectivity index (χ0n) is 15.8. The minimum absolute atomic E-state index is 0.163. The van der Waals surface area contributed by atoms with Crippen LogP contribution in [0.1, 0.15) is 15.2 Å². The first-order valence-electron chi connectivity index (χ1n) is 9.84. The van der Waals surface area contributed by atoms with Gasteiger partial charge in [0.05, 0.1) is 9.88 Å². The van der Waals surface area contributed by atoms with E-state index in [1.807, 2.05) is 17.0 Å². The Balaban J connectivity index is 1.26. The number of hydrogen-bond donors (Lipinski definition) is 0. The number of anilines is 3. The van der Waals surface area contributed by atoms with E-state index in [-0.39, 0.29) is 5.91 Å². The highest BCUT2D eigenvalue weighted by Crippen LogP contribution is 2.38. The first-order chi connectivity index (χ1) is 13.8. The fourth-order valence-electron chi connectivity index (χ4n) is 4.12. The summed E-state index contributed by atoms with van der Waals surface area (Å²) in [6.07, 6.45) is 1.07. The van der Waals surface area contributed by atoms with E-state index in [1.54, 1.807) is 11.3 Å². The molecule has 0 N–H and O–H groups in total. The molecular weight excluding hydrogens is 366 g/mol. The minimum atomic E-state index is 0.163. The van der Waals surface area contributed by atoms with Crippen molar-refractivity contribution in [3.63, 3.8) is 0 Å². The van der Waals surface area contributed by atoms with Gasteiger partial charge in [-0.3, -0.25) is 4.79 Å². The zero-order valence-corrected chi connectivity index (χ0v) is 16.6. The summed E-state index contributed by atoms with van der Waals surface area (Å²) in [7, 11) is 0. The Kier molecular flexibility index (Phi) is 4.53. The largest absolute Gasteiger partial charge is 0.368 e. The molecule has 0 saturated carbocycles. The molecule has 142 valence electrons. The highest BCUT2D eigenvalue weighted by Gasteiger charge is 2.26. The lowest BCUT2D eigenvalue weighted by Crippen LogP contribution is -2.48. The maximum atomic E-state index is 13.0. The number of benzene rings is 2. The molecule has 2 aromatic carbocycles. The third kappa shape index (κ3) is 3.16. The normalized spacial score (nSPS) is 16.4. The van der Waals surface area contributed by atoms with Crippen LogP contribution in [-0.2, 0) is 6.42 Å². The fourth-order valence-corrected chi connectivity index (χ4v) is 5.13. The number of rotatable bonds is 3. The van der Waals surface area contributed by atoms with Gasteiger partial charge in [0, 0.05) is 44.1 Å². The number of hydrogen-bond acceptors (Lipinski definition) is 4. The summed E-state index contributed by atoms with van der Waals surface area (Å²) in [5.41, 5.74) is 3.90. The number of carbonyl (C=O) groups is 1. The van der Waals surface area contributed by atoms with Crippen molar-refractivity contribution in [3.8, 4) is 0 Å². The van der Waals surface area contributed by atoms with Gasteiger partial charge in [-0.25, -0.2) is 0 Å². The maximum Gasteiger partial charge on any atom is 0.264 e. The molecule has 1 saturated heterocycles. The van der Waals surface area contributed by atoms with E-state index >= 15 is 0 Å². The van der Waals surface area contributed by atoms with Crippen molar-refractivity contribution in [2.75, 3.05) is 42.5 Å². The number of piperazine rings is 1. The van der Waals surface area contributed by atoms with Crippen molar-refractivity contribution in [1.29, 1.82) is 0 Å². The summed E-state index contributed by atoms with van der Waals surface area (Å²) in [5.74, 6) is 0.163. The lowest BCUT2D eigenvalue weighted by Gasteiger charge is -2.36. The molecule has 2 aliphatic heterocycles. The van der Waals surface area contributed by atoms with Crippen LogP contribution in [0.4, 0.5) is 16.4 Å². The molecule has 0 unspecified atom stereocenters. The summed E-state index contributed by atoms with van der Waals surface area (Å²) >= 11 is 1.61. The molecule has 1 fully saturated rings. The highest BCUT2D eigenvalue weighted by molar-refractivity contribution is 7.18. The summed E-state index contributed by atoms with van der Waals surface area (Å²) in [6, 6.07) is 23.1. The van der Waals surface area contributed by atoms with E-state index < -0.39 is 0 Å². The molecule has 4 nitrogen and oxygen atoms in total. The van der Waals surface area contributed by atoms with Gasteiger partial charge in [-0.05, 0) is 42.3 Å².